The Morgan fingerprint density at radius 2 is 1.32 bits per heavy atom. The molecule has 0 spiro atoms. The highest BCUT2D eigenvalue weighted by Crippen LogP contribution is 2.46. The Labute approximate surface area is 123 Å². The summed E-state index contributed by atoms with van der Waals surface area (Å²) in [6, 6.07) is 0. The molecule has 0 saturated heterocycles. The third-order valence-electron chi connectivity index (χ3n) is 1.97. The lowest BCUT2D eigenvalue weighted by Crippen LogP contribution is -2.54. The van der Waals surface area contributed by atoms with E-state index in [4.69, 9.17) is 4.74 Å². The summed E-state index contributed by atoms with van der Waals surface area (Å²) in [7, 11) is -1.82. The van der Waals surface area contributed by atoms with Crippen molar-refractivity contribution < 1.29 is 49.3 Å². The van der Waals surface area contributed by atoms with Gasteiger partial charge in [0.15, 0.2) is 6.66 Å². The predicted octanol–water partition coefficient (Wildman–Crippen LogP) is 3.88. The van der Waals surface area contributed by atoms with E-state index < -0.39 is 39.3 Å². The van der Waals surface area contributed by atoms with E-state index in [9.17, 15) is 35.3 Å². The summed E-state index contributed by atoms with van der Waals surface area (Å²) in [6.07, 6.45) is -6.37. The Bertz CT molecular complexity index is 336. The van der Waals surface area contributed by atoms with Gasteiger partial charge in [-0.2, -0.15) is 30.7 Å². The molecule has 0 saturated carbocycles. The van der Waals surface area contributed by atoms with Gasteiger partial charge in [0.25, 0.3) is 0 Å². The fourth-order valence-electron chi connectivity index (χ4n) is 0.943. The van der Waals surface area contributed by atoms with Crippen molar-refractivity contribution in [3.63, 3.8) is 0 Å². The van der Waals surface area contributed by atoms with Gasteiger partial charge in [0.05, 0.1) is 19.8 Å². The first kappa shape index (κ1) is 23.8. The van der Waals surface area contributed by atoms with Crippen LogP contribution in [-0.2, 0) is 18.6 Å². The van der Waals surface area contributed by atoms with E-state index in [0.29, 0.717) is 0 Å². The van der Waals surface area contributed by atoms with Crippen LogP contribution in [0.1, 0.15) is 7.43 Å². The molecule has 0 fully saturated rings. The quantitative estimate of drug-likeness (QED) is 0.335. The lowest BCUT2D eigenvalue weighted by molar-refractivity contribution is -0.361. The molecule has 1 unspecified atom stereocenters. The van der Waals surface area contributed by atoms with Crippen molar-refractivity contribution in [2.75, 3.05) is 39.7 Å². The van der Waals surface area contributed by atoms with Crippen LogP contribution in [0.25, 0.3) is 0 Å². The normalized spacial score (nSPS) is 13.7. The largest absolute Gasteiger partial charge is 0.504 e. The second-order valence-corrected chi connectivity index (χ2v) is 4.85. The van der Waals surface area contributed by atoms with Crippen LogP contribution in [0.5, 0.6) is 0 Å². The molecule has 0 bridgehead atoms. The molecule has 0 amide bonds. The van der Waals surface area contributed by atoms with Crippen LogP contribution < -0.4 is 0 Å². The number of hydrogen-bond acceptors (Lipinski definition) is 4. The Hall–Kier alpha value is -0.510. The first-order valence-electron chi connectivity index (χ1n) is 5.43. The predicted molar refractivity (Wildman–Crippen MR) is 63.8 cm³/mol. The highest BCUT2D eigenvalue weighted by atomic mass is 31.1. The van der Waals surface area contributed by atoms with Crippen molar-refractivity contribution in [3.8, 4) is 0 Å². The van der Waals surface area contributed by atoms with Crippen molar-refractivity contribution >= 4 is 8.03 Å². The molecule has 0 rings (SSSR count). The van der Waals surface area contributed by atoms with Gasteiger partial charge in [0.1, 0.15) is 13.2 Å². The van der Waals surface area contributed by atoms with Crippen LogP contribution in [-0.4, -0.2) is 57.7 Å². The number of ether oxygens (including phenoxy) is 2. The first-order chi connectivity index (χ1) is 9.42. The number of hydrogen-bond donors (Lipinski definition) is 0. The second kappa shape index (κ2) is 9.59. The van der Waals surface area contributed by atoms with E-state index in [1.165, 1.54) is 6.66 Å². The highest BCUT2D eigenvalue weighted by molar-refractivity contribution is 7.38. The molecule has 0 aliphatic rings. The van der Waals surface area contributed by atoms with Gasteiger partial charge in [0, 0.05) is 0 Å². The summed E-state index contributed by atoms with van der Waals surface area (Å²) in [4.78, 5) is 0. The van der Waals surface area contributed by atoms with Crippen LogP contribution in [0.4, 0.5) is 30.7 Å². The van der Waals surface area contributed by atoms with Gasteiger partial charge in [-0.15, -0.1) is 4.52 Å². The smallest absolute Gasteiger partial charge is 0.376 e. The molecule has 0 aromatic rings. The zero-order chi connectivity index (χ0) is 16.7. The molecule has 0 aromatic heterocycles. The molecular formula is C10H17F7O4P+. The second-order valence-electron chi connectivity index (χ2n) is 3.71. The third kappa shape index (κ3) is 7.66. The molecule has 4 nitrogen and oxygen atoms in total. The molecule has 0 radical (unpaired) electrons. The molecule has 0 N–H and O–H groups in total. The topological polar surface area (TPSA) is 44.8 Å². The molecule has 1 atom stereocenters. The minimum absolute atomic E-state index is 0. The monoisotopic (exact) mass is 365 g/mol. The summed E-state index contributed by atoms with van der Waals surface area (Å²) in [5.41, 5.74) is 0. The number of rotatable bonds is 10. The molecule has 0 heterocycles. The lowest BCUT2D eigenvalue weighted by atomic mass is 10.2. The number of halogens is 7. The van der Waals surface area contributed by atoms with Crippen molar-refractivity contribution in [3.05, 3.63) is 0 Å². The summed E-state index contributed by atoms with van der Waals surface area (Å²) < 4.78 is 109. The molecule has 0 aliphatic heterocycles. The van der Waals surface area contributed by atoms with Crippen molar-refractivity contribution in [2.24, 2.45) is 0 Å². The average Bonchev–Trinajstić information content (AvgIpc) is 2.30. The van der Waals surface area contributed by atoms with Gasteiger partial charge in [-0.1, -0.05) is 7.43 Å². The summed E-state index contributed by atoms with van der Waals surface area (Å²) in [6.45, 7) is -1.84. The Morgan fingerprint density at radius 1 is 0.864 bits per heavy atom. The van der Waals surface area contributed by atoms with E-state index >= 15 is 0 Å². The maximum absolute atomic E-state index is 12.7. The summed E-state index contributed by atoms with van der Waals surface area (Å²) >= 11 is 0. The van der Waals surface area contributed by atoms with Gasteiger partial charge in [-0.05, 0) is 4.57 Å². The maximum atomic E-state index is 12.7. The van der Waals surface area contributed by atoms with Crippen LogP contribution in [0, 0.1) is 0 Å². The van der Waals surface area contributed by atoms with Crippen molar-refractivity contribution in [2.45, 2.75) is 25.4 Å². The van der Waals surface area contributed by atoms with Gasteiger partial charge >= 0.3 is 26.0 Å². The zero-order valence-corrected chi connectivity index (χ0v) is 11.7. The summed E-state index contributed by atoms with van der Waals surface area (Å²) in [5, 5.41) is 0. The zero-order valence-electron chi connectivity index (χ0n) is 10.8. The van der Waals surface area contributed by atoms with E-state index in [0.717, 1.165) is 0 Å². The fourth-order valence-corrected chi connectivity index (χ4v) is 1.27. The van der Waals surface area contributed by atoms with Gasteiger partial charge in [0.2, 0.25) is 0 Å². The minimum atomic E-state index is -6.37. The maximum Gasteiger partial charge on any atom is 0.504 e. The molecular weight excluding hydrogens is 348 g/mol. The number of alkyl halides is 7. The summed E-state index contributed by atoms with van der Waals surface area (Å²) in [5.74, 6) is -11.6. The van der Waals surface area contributed by atoms with Crippen LogP contribution >= 0.6 is 8.03 Å². The molecule has 0 aliphatic carbocycles. The van der Waals surface area contributed by atoms with E-state index in [1.54, 1.807) is 0 Å². The highest BCUT2D eigenvalue weighted by Gasteiger charge is 2.72. The van der Waals surface area contributed by atoms with E-state index in [-0.39, 0.29) is 27.2 Å². The van der Waals surface area contributed by atoms with Gasteiger partial charge in [-0.3, -0.25) is 0 Å². The van der Waals surface area contributed by atoms with Crippen molar-refractivity contribution in [1.29, 1.82) is 0 Å². The van der Waals surface area contributed by atoms with E-state index in [2.05, 4.69) is 9.26 Å². The van der Waals surface area contributed by atoms with Gasteiger partial charge < -0.3 is 9.47 Å². The fraction of sp³-hybridized carbons (Fsp3) is 1.00. The van der Waals surface area contributed by atoms with Crippen LogP contribution in [0.2, 0.25) is 0 Å². The van der Waals surface area contributed by atoms with Crippen molar-refractivity contribution in [1.82, 2.24) is 0 Å². The van der Waals surface area contributed by atoms with Crippen LogP contribution in [0.15, 0.2) is 0 Å². The molecule has 12 heteroatoms. The van der Waals surface area contributed by atoms with Gasteiger partial charge in [-0.25, -0.2) is 0 Å². The first-order valence-corrected chi connectivity index (χ1v) is 7.06. The van der Waals surface area contributed by atoms with E-state index in [1.807, 2.05) is 0 Å². The molecule has 134 valence electrons. The average molecular weight is 365 g/mol. The Balaban J connectivity index is 0. The third-order valence-corrected chi connectivity index (χ3v) is 2.52. The standard InChI is InChI=1S/C9H13F7O4P.CH4/c1-21(17)20-5-4-18-2-3-19-6-7(10,11)8(12,13)9(14,15)16;/h2-6H2,1H3;1H4/q+1;. The lowest BCUT2D eigenvalue weighted by Gasteiger charge is -2.27. The minimum Gasteiger partial charge on any atom is -0.376 e. The van der Waals surface area contributed by atoms with Crippen LogP contribution in [0.3, 0.4) is 0 Å². The molecule has 0 aromatic carbocycles. The molecule has 22 heavy (non-hydrogen) atoms. The Morgan fingerprint density at radius 3 is 1.77 bits per heavy atom. The Kier molecular flexibility index (Phi) is 10.4. The SMILES string of the molecule is C.C[P+](=O)OCCOCCOCC(F)(F)C(F)(F)C(F)(F)F.